The van der Waals surface area contributed by atoms with Crippen LogP contribution in [-0.2, 0) is 6.54 Å². The summed E-state index contributed by atoms with van der Waals surface area (Å²) in [5.74, 6) is -0.161. The van der Waals surface area contributed by atoms with Crippen molar-refractivity contribution in [3.63, 3.8) is 0 Å². The monoisotopic (exact) mass is 306 g/mol. The molecule has 22 heavy (non-hydrogen) atoms. The molecule has 2 aromatic rings. The predicted molar refractivity (Wildman–Crippen MR) is 76.6 cm³/mol. The predicted octanol–water partition coefficient (Wildman–Crippen LogP) is 1.64. The number of anilines is 1. The SMILES string of the molecule is Nc1ccnc(CN2C[C@@H](O)C[C@@H]2c2cc(F)ccc2F)n1. The number of aliphatic hydroxyl groups is 1. The highest BCUT2D eigenvalue weighted by Crippen LogP contribution is 2.34. The van der Waals surface area contributed by atoms with Crippen molar-refractivity contribution < 1.29 is 13.9 Å². The highest BCUT2D eigenvalue weighted by molar-refractivity contribution is 5.26. The first-order chi connectivity index (χ1) is 10.5. The van der Waals surface area contributed by atoms with Crippen molar-refractivity contribution in [3.8, 4) is 0 Å². The summed E-state index contributed by atoms with van der Waals surface area (Å²) in [5.41, 5.74) is 5.86. The minimum Gasteiger partial charge on any atom is -0.392 e. The summed E-state index contributed by atoms with van der Waals surface area (Å²) in [6, 6.07) is 4.51. The number of nitrogen functional groups attached to an aromatic ring is 1. The van der Waals surface area contributed by atoms with Crippen LogP contribution in [0.2, 0.25) is 0 Å². The maximum absolute atomic E-state index is 14.0. The molecule has 1 aromatic heterocycles. The van der Waals surface area contributed by atoms with E-state index < -0.39 is 23.8 Å². The van der Waals surface area contributed by atoms with Gasteiger partial charge in [0, 0.05) is 24.3 Å². The lowest BCUT2D eigenvalue weighted by Crippen LogP contribution is -2.26. The smallest absolute Gasteiger partial charge is 0.144 e. The molecule has 0 aliphatic carbocycles. The number of aliphatic hydroxyl groups excluding tert-OH is 1. The molecule has 1 aliphatic rings. The zero-order chi connectivity index (χ0) is 15.7. The number of nitrogens with two attached hydrogens (primary N) is 1. The Bertz CT molecular complexity index is 682. The number of aromatic nitrogens is 2. The number of benzene rings is 1. The number of hydrogen-bond acceptors (Lipinski definition) is 5. The number of β-amino-alcohol motifs (C(OH)–C–C–N with tert-alkyl or cyclic N) is 1. The molecule has 1 saturated heterocycles. The van der Waals surface area contributed by atoms with Gasteiger partial charge < -0.3 is 10.8 Å². The number of rotatable bonds is 3. The van der Waals surface area contributed by atoms with Crippen molar-refractivity contribution >= 4 is 5.82 Å². The number of hydrogen-bond donors (Lipinski definition) is 2. The summed E-state index contributed by atoms with van der Waals surface area (Å²) in [4.78, 5) is 10.0. The maximum Gasteiger partial charge on any atom is 0.144 e. The van der Waals surface area contributed by atoms with E-state index in [-0.39, 0.29) is 5.56 Å². The second kappa shape index (κ2) is 5.94. The van der Waals surface area contributed by atoms with Crippen molar-refractivity contribution in [2.75, 3.05) is 12.3 Å². The van der Waals surface area contributed by atoms with Crippen LogP contribution in [0, 0.1) is 11.6 Å². The molecule has 2 heterocycles. The second-order valence-corrected chi connectivity index (χ2v) is 5.40. The van der Waals surface area contributed by atoms with Crippen molar-refractivity contribution in [1.82, 2.24) is 14.9 Å². The van der Waals surface area contributed by atoms with Crippen LogP contribution in [0.3, 0.4) is 0 Å². The first-order valence-electron chi connectivity index (χ1n) is 6.97. The van der Waals surface area contributed by atoms with Crippen LogP contribution < -0.4 is 5.73 Å². The highest BCUT2D eigenvalue weighted by Gasteiger charge is 2.34. The molecule has 2 atom stereocenters. The standard InChI is InChI=1S/C15H16F2N4O/c16-9-1-2-12(17)11(5-9)13-6-10(22)7-21(13)8-15-19-4-3-14(18)20-15/h1-5,10,13,22H,6-8H2,(H2,18,19,20)/t10-,13+/m0/s1. The topological polar surface area (TPSA) is 75.3 Å². The quantitative estimate of drug-likeness (QED) is 0.902. The summed E-state index contributed by atoms with van der Waals surface area (Å²) in [6.45, 7) is 0.654. The molecule has 116 valence electrons. The van der Waals surface area contributed by atoms with E-state index in [1.807, 2.05) is 4.90 Å². The van der Waals surface area contributed by atoms with Gasteiger partial charge in [-0.25, -0.2) is 18.7 Å². The number of nitrogens with zero attached hydrogens (tertiary/aromatic N) is 3. The fourth-order valence-electron chi connectivity index (χ4n) is 2.82. The molecule has 1 aromatic carbocycles. The number of likely N-dealkylation sites (tertiary alicyclic amines) is 1. The molecule has 3 rings (SSSR count). The molecule has 0 amide bonds. The van der Waals surface area contributed by atoms with Crippen molar-refractivity contribution in [1.29, 1.82) is 0 Å². The highest BCUT2D eigenvalue weighted by atomic mass is 19.1. The Morgan fingerprint density at radius 3 is 2.91 bits per heavy atom. The first kappa shape index (κ1) is 14.8. The lowest BCUT2D eigenvalue weighted by atomic mass is 10.0. The molecule has 5 nitrogen and oxygen atoms in total. The molecular weight excluding hydrogens is 290 g/mol. The van der Waals surface area contributed by atoms with Gasteiger partial charge in [-0.05, 0) is 30.7 Å². The van der Waals surface area contributed by atoms with Crippen LogP contribution in [0.5, 0.6) is 0 Å². The summed E-state index contributed by atoms with van der Waals surface area (Å²) < 4.78 is 27.4. The number of halogens is 2. The lowest BCUT2D eigenvalue weighted by molar-refractivity contribution is 0.171. The van der Waals surface area contributed by atoms with Crippen LogP contribution >= 0.6 is 0 Å². The van der Waals surface area contributed by atoms with Gasteiger partial charge in [-0.1, -0.05) is 0 Å². The van der Waals surface area contributed by atoms with Gasteiger partial charge >= 0.3 is 0 Å². The molecule has 1 fully saturated rings. The maximum atomic E-state index is 14.0. The Hall–Kier alpha value is -2.12. The first-order valence-corrected chi connectivity index (χ1v) is 6.97. The van der Waals surface area contributed by atoms with Crippen molar-refractivity contribution in [2.24, 2.45) is 0 Å². The Morgan fingerprint density at radius 1 is 1.32 bits per heavy atom. The van der Waals surface area contributed by atoms with Crippen LogP contribution in [-0.4, -0.2) is 32.6 Å². The van der Waals surface area contributed by atoms with Crippen molar-refractivity contribution in [2.45, 2.75) is 25.1 Å². The van der Waals surface area contributed by atoms with Gasteiger partial charge in [-0.2, -0.15) is 0 Å². The molecule has 3 N–H and O–H groups in total. The van der Waals surface area contributed by atoms with Crippen LogP contribution in [0.15, 0.2) is 30.5 Å². The Balaban J connectivity index is 1.87. The van der Waals surface area contributed by atoms with Gasteiger partial charge in [-0.15, -0.1) is 0 Å². The molecule has 0 saturated carbocycles. The average molecular weight is 306 g/mol. The van der Waals surface area contributed by atoms with E-state index in [1.54, 1.807) is 12.3 Å². The third kappa shape index (κ3) is 3.05. The molecule has 0 unspecified atom stereocenters. The summed E-state index contributed by atoms with van der Waals surface area (Å²) in [7, 11) is 0. The van der Waals surface area contributed by atoms with Gasteiger partial charge in [0.25, 0.3) is 0 Å². The third-order valence-corrected chi connectivity index (χ3v) is 3.77. The van der Waals surface area contributed by atoms with E-state index in [4.69, 9.17) is 5.73 Å². The molecule has 7 heteroatoms. The fraction of sp³-hybridized carbons (Fsp3) is 0.333. The van der Waals surface area contributed by atoms with Gasteiger partial charge in [0.05, 0.1) is 12.6 Å². The van der Waals surface area contributed by atoms with Crippen LogP contribution in [0.1, 0.15) is 23.9 Å². The Kier molecular flexibility index (Phi) is 4.00. The van der Waals surface area contributed by atoms with Gasteiger partial charge in [-0.3, -0.25) is 4.90 Å². The largest absolute Gasteiger partial charge is 0.392 e. The zero-order valence-corrected chi connectivity index (χ0v) is 11.8. The molecular formula is C15H16F2N4O. The van der Waals surface area contributed by atoms with E-state index >= 15 is 0 Å². The normalized spacial score (nSPS) is 22.1. The zero-order valence-electron chi connectivity index (χ0n) is 11.8. The summed E-state index contributed by atoms with van der Waals surface area (Å²) in [5, 5.41) is 9.90. The fourth-order valence-corrected chi connectivity index (χ4v) is 2.82. The Labute approximate surface area is 126 Å². The van der Waals surface area contributed by atoms with Crippen LogP contribution in [0.25, 0.3) is 0 Å². The van der Waals surface area contributed by atoms with E-state index in [9.17, 15) is 13.9 Å². The Morgan fingerprint density at radius 2 is 2.14 bits per heavy atom. The van der Waals surface area contributed by atoms with E-state index in [0.717, 1.165) is 12.1 Å². The minimum atomic E-state index is -0.603. The van der Waals surface area contributed by atoms with Gasteiger partial charge in [0.15, 0.2) is 0 Å². The van der Waals surface area contributed by atoms with E-state index in [1.165, 1.54) is 6.07 Å². The van der Waals surface area contributed by atoms with Crippen LogP contribution in [0.4, 0.5) is 14.6 Å². The molecule has 0 bridgehead atoms. The third-order valence-electron chi connectivity index (χ3n) is 3.77. The molecule has 1 aliphatic heterocycles. The molecule has 0 spiro atoms. The lowest BCUT2D eigenvalue weighted by Gasteiger charge is -2.24. The van der Waals surface area contributed by atoms with E-state index in [2.05, 4.69) is 9.97 Å². The van der Waals surface area contributed by atoms with Gasteiger partial charge in [0.2, 0.25) is 0 Å². The van der Waals surface area contributed by atoms with E-state index in [0.29, 0.717) is 31.2 Å². The average Bonchev–Trinajstić information content (AvgIpc) is 2.82. The molecule has 0 radical (unpaired) electrons. The second-order valence-electron chi connectivity index (χ2n) is 5.40. The summed E-state index contributed by atoms with van der Waals surface area (Å²) in [6.07, 6.45) is 1.28. The van der Waals surface area contributed by atoms with Crippen molar-refractivity contribution in [3.05, 3.63) is 53.5 Å². The minimum absolute atomic E-state index is 0.237. The summed E-state index contributed by atoms with van der Waals surface area (Å²) >= 11 is 0. The van der Waals surface area contributed by atoms with Gasteiger partial charge in [0.1, 0.15) is 23.3 Å².